The van der Waals surface area contributed by atoms with E-state index in [-0.39, 0.29) is 4.90 Å². The van der Waals surface area contributed by atoms with Gasteiger partial charge in [-0.25, -0.2) is 13.4 Å². The van der Waals surface area contributed by atoms with Crippen molar-refractivity contribution in [3.63, 3.8) is 0 Å². The lowest BCUT2D eigenvalue weighted by molar-refractivity contribution is 0.560. The molecule has 1 aromatic carbocycles. The monoisotopic (exact) mass is 292 g/mol. The maximum Gasteiger partial charge on any atom is 0.175 e. The standard InChI is InChI=1S/C13H16N4O2S/c1-20(18,19)10-2-3-12(11(14)8-10)17-7-6-16-5-4-15-13(16)9-17/h2-5,8H,6-7,9,14H2,1H3. The first-order valence-corrected chi connectivity index (χ1v) is 8.19. The Bertz CT molecular complexity index is 751. The van der Waals surface area contributed by atoms with Crippen molar-refractivity contribution < 1.29 is 8.42 Å². The first-order chi connectivity index (χ1) is 9.45. The number of fused-ring (bicyclic) bond motifs is 1. The number of hydrogen-bond acceptors (Lipinski definition) is 5. The van der Waals surface area contributed by atoms with E-state index in [2.05, 4.69) is 14.5 Å². The summed E-state index contributed by atoms with van der Waals surface area (Å²) in [5, 5.41) is 0. The van der Waals surface area contributed by atoms with Crippen LogP contribution in [-0.2, 0) is 22.9 Å². The molecule has 0 aliphatic carbocycles. The fourth-order valence-electron chi connectivity index (χ4n) is 2.43. The molecule has 1 aromatic heterocycles. The number of nitrogens with two attached hydrogens (primary N) is 1. The van der Waals surface area contributed by atoms with Gasteiger partial charge in [0.05, 0.1) is 22.8 Å². The quantitative estimate of drug-likeness (QED) is 0.831. The summed E-state index contributed by atoms with van der Waals surface area (Å²) in [6, 6.07) is 4.89. The van der Waals surface area contributed by atoms with E-state index in [9.17, 15) is 8.42 Å². The summed E-state index contributed by atoms with van der Waals surface area (Å²) >= 11 is 0. The minimum absolute atomic E-state index is 0.247. The number of aromatic nitrogens is 2. The molecule has 0 saturated carbocycles. The average Bonchev–Trinajstić information content (AvgIpc) is 2.84. The van der Waals surface area contributed by atoms with Gasteiger partial charge in [0.1, 0.15) is 5.82 Å². The number of rotatable bonds is 2. The molecule has 0 bridgehead atoms. The molecule has 0 radical (unpaired) electrons. The van der Waals surface area contributed by atoms with E-state index in [1.165, 1.54) is 12.3 Å². The van der Waals surface area contributed by atoms with Crippen LogP contribution in [0.1, 0.15) is 5.82 Å². The molecule has 1 aliphatic rings. The molecule has 2 heterocycles. The average molecular weight is 292 g/mol. The Labute approximate surface area is 117 Å². The zero-order valence-corrected chi connectivity index (χ0v) is 12.0. The molecule has 0 fully saturated rings. The van der Waals surface area contributed by atoms with E-state index in [1.54, 1.807) is 18.3 Å². The summed E-state index contributed by atoms with van der Waals surface area (Å²) in [5.74, 6) is 0.989. The second-order valence-electron chi connectivity index (χ2n) is 4.95. The van der Waals surface area contributed by atoms with Crippen molar-refractivity contribution in [3.05, 3.63) is 36.4 Å². The van der Waals surface area contributed by atoms with Crippen LogP contribution < -0.4 is 10.6 Å². The smallest absolute Gasteiger partial charge is 0.175 e. The van der Waals surface area contributed by atoms with Crippen molar-refractivity contribution in [3.8, 4) is 0 Å². The molecule has 0 spiro atoms. The Morgan fingerprint density at radius 1 is 1.30 bits per heavy atom. The third kappa shape index (κ3) is 2.24. The van der Waals surface area contributed by atoms with Gasteiger partial charge in [0.25, 0.3) is 0 Å². The predicted molar refractivity (Wildman–Crippen MR) is 77.2 cm³/mol. The second kappa shape index (κ2) is 4.52. The van der Waals surface area contributed by atoms with Crippen molar-refractivity contribution in [2.45, 2.75) is 18.0 Å². The summed E-state index contributed by atoms with van der Waals surface area (Å²) in [7, 11) is -3.23. The van der Waals surface area contributed by atoms with Crippen LogP contribution in [0.4, 0.5) is 11.4 Å². The summed E-state index contributed by atoms with van der Waals surface area (Å²) in [4.78, 5) is 6.67. The van der Waals surface area contributed by atoms with Gasteiger partial charge in [-0.05, 0) is 18.2 Å². The third-order valence-electron chi connectivity index (χ3n) is 3.51. The molecule has 3 rings (SSSR count). The highest BCUT2D eigenvalue weighted by atomic mass is 32.2. The van der Waals surface area contributed by atoms with Crippen molar-refractivity contribution in [2.24, 2.45) is 0 Å². The number of sulfone groups is 1. The van der Waals surface area contributed by atoms with Crippen LogP contribution in [0.2, 0.25) is 0 Å². The lowest BCUT2D eigenvalue weighted by Gasteiger charge is -2.30. The highest BCUT2D eigenvalue weighted by molar-refractivity contribution is 7.90. The number of hydrogen-bond donors (Lipinski definition) is 1. The predicted octanol–water partition coefficient (Wildman–Crippen LogP) is 0.889. The first kappa shape index (κ1) is 13.0. The summed E-state index contributed by atoms with van der Waals surface area (Å²) < 4.78 is 25.1. The fraction of sp³-hybridized carbons (Fsp3) is 0.308. The van der Waals surface area contributed by atoms with Gasteiger partial charge in [0.15, 0.2) is 9.84 Å². The minimum Gasteiger partial charge on any atom is -0.397 e. The molecule has 6 nitrogen and oxygen atoms in total. The normalized spacial score (nSPS) is 15.2. The van der Waals surface area contributed by atoms with Gasteiger partial charge in [-0.15, -0.1) is 0 Å². The summed E-state index contributed by atoms with van der Waals surface area (Å²) in [6.07, 6.45) is 4.93. The Morgan fingerprint density at radius 3 is 2.80 bits per heavy atom. The van der Waals surface area contributed by atoms with E-state index in [0.717, 1.165) is 24.6 Å². The van der Waals surface area contributed by atoms with Crippen LogP contribution >= 0.6 is 0 Å². The summed E-state index contributed by atoms with van der Waals surface area (Å²) in [5.41, 5.74) is 7.34. The van der Waals surface area contributed by atoms with Crippen LogP contribution in [0, 0.1) is 0 Å². The Kier molecular flexibility index (Phi) is 2.93. The maximum absolute atomic E-state index is 11.5. The Balaban J connectivity index is 1.93. The van der Waals surface area contributed by atoms with Gasteiger partial charge in [-0.3, -0.25) is 0 Å². The second-order valence-corrected chi connectivity index (χ2v) is 6.97. The minimum atomic E-state index is -3.23. The van der Waals surface area contributed by atoms with E-state index in [1.807, 2.05) is 6.20 Å². The van der Waals surface area contributed by atoms with E-state index in [0.29, 0.717) is 12.2 Å². The van der Waals surface area contributed by atoms with Crippen LogP contribution in [0.3, 0.4) is 0 Å². The Hall–Kier alpha value is -2.02. The Morgan fingerprint density at radius 2 is 2.10 bits per heavy atom. The molecule has 2 aromatic rings. The molecule has 2 N–H and O–H groups in total. The van der Waals surface area contributed by atoms with Gasteiger partial charge in [0.2, 0.25) is 0 Å². The number of imidazole rings is 1. The SMILES string of the molecule is CS(=O)(=O)c1ccc(N2CCn3ccnc3C2)c(N)c1. The fourth-order valence-corrected chi connectivity index (χ4v) is 3.09. The molecular formula is C13H16N4O2S. The molecule has 0 amide bonds. The van der Waals surface area contributed by atoms with Crippen molar-refractivity contribution >= 4 is 21.2 Å². The molecule has 7 heteroatoms. The molecule has 0 saturated heterocycles. The lowest BCUT2D eigenvalue weighted by atomic mass is 10.2. The summed E-state index contributed by atoms with van der Waals surface area (Å²) in [6.45, 7) is 2.35. The lowest BCUT2D eigenvalue weighted by Crippen LogP contribution is -2.34. The largest absolute Gasteiger partial charge is 0.397 e. The topological polar surface area (TPSA) is 81.2 Å². The van der Waals surface area contributed by atoms with Crippen LogP contribution in [0.25, 0.3) is 0 Å². The van der Waals surface area contributed by atoms with Crippen molar-refractivity contribution in [1.82, 2.24) is 9.55 Å². The van der Waals surface area contributed by atoms with Gasteiger partial charge in [-0.1, -0.05) is 0 Å². The van der Waals surface area contributed by atoms with E-state index >= 15 is 0 Å². The van der Waals surface area contributed by atoms with Crippen LogP contribution in [0.15, 0.2) is 35.5 Å². The number of anilines is 2. The number of nitrogens with zero attached hydrogens (tertiary/aromatic N) is 3. The van der Waals surface area contributed by atoms with Crippen LogP contribution in [0.5, 0.6) is 0 Å². The number of nitrogen functional groups attached to an aromatic ring is 1. The third-order valence-corrected chi connectivity index (χ3v) is 4.62. The van der Waals surface area contributed by atoms with Gasteiger partial charge in [-0.2, -0.15) is 0 Å². The number of benzene rings is 1. The first-order valence-electron chi connectivity index (χ1n) is 6.30. The van der Waals surface area contributed by atoms with Gasteiger partial charge >= 0.3 is 0 Å². The van der Waals surface area contributed by atoms with Crippen LogP contribution in [-0.4, -0.2) is 30.8 Å². The van der Waals surface area contributed by atoms with Crippen molar-refractivity contribution in [2.75, 3.05) is 23.4 Å². The van der Waals surface area contributed by atoms with E-state index < -0.39 is 9.84 Å². The highest BCUT2D eigenvalue weighted by Gasteiger charge is 2.19. The zero-order chi connectivity index (χ0) is 14.3. The molecular weight excluding hydrogens is 276 g/mol. The molecule has 1 aliphatic heterocycles. The maximum atomic E-state index is 11.5. The van der Waals surface area contributed by atoms with Gasteiger partial charge in [0, 0.05) is 31.7 Å². The molecule has 0 atom stereocenters. The van der Waals surface area contributed by atoms with Gasteiger partial charge < -0.3 is 15.2 Å². The van der Waals surface area contributed by atoms with Crippen molar-refractivity contribution in [1.29, 1.82) is 0 Å². The van der Waals surface area contributed by atoms with E-state index in [4.69, 9.17) is 5.73 Å². The zero-order valence-electron chi connectivity index (χ0n) is 11.2. The molecule has 0 unspecified atom stereocenters. The molecule has 106 valence electrons. The molecule has 20 heavy (non-hydrogen) atoms. The highest BCUT2D eigenvalue weighted by Crippen LogP contribution is 2.28.